The Morgan fingerprint density at radius 1 is 0.806 bits per heavy atom. The van der Waals surface area contributed by atoms with E-state index in [0.29, 0.717) is 24.3 Å². The Morgan fingerprint density at radius 3 is 2.19 bits per heavy atom. The lowest BCUT2D eigenvalue weighted by Crippen LogP contribution is -2.33. The lowest BCUT2D eigenvalue weighted by molar-refractivity contribution is -0.123. The maximum Gasteiger partial charge on any atom is 0.253 e. The van der Waals surface area contributed by atoms with Crippen LogP contribution in [-0.4, -0.2) is 42.3 Å². The van der Waals surface area contributed by atoms with Gasteiger partial charge in [-0.05, 0) is 54.4 Å². The van der Waals surface area contributed by atoms with Crippen LogP contribution in [0.5, 0.6) is 0 Å². The Hall–Kier alpha value is -3.67. The quantitative estimate of drug-likeness (QED) is 0.588. The fraction of sp³-hybridized carbons (Fsp3) is 0.240. The van der Waals surface area contributed by atoms with Crippen LogP contribution in [0.1, 0.15) is 29.8 Å². The molecule has 3 aromatic carbocycles. The van der Waals surface area contributed by atoms with Crippen molar-refractivity contribution in [3.63, 3.8) is 0 Å². The molecule has 0 aliphatic heterocycles. The molecular weight excluding hydrogens is 390 g/mol. The highest BCUT2D eigenvalue weighted by atomic mass is 16.2. The van der Waals surface area contributed by atoms with Gasteiger partial charge in [-0.2, -0.15) is 0 Å². The van der Waals surface area contributed by atoms with Crippen LogP contribution in [0.25, 0.3) is 10.8 Å². The van der Waals surface area contributed by atoms with Gasteiger partial charge in [0.1, 0.15) is 0 Å². The summed E-state index contributed by atoms with van der Waals surface area (Å²) in [7, 11) is 0. The van der Waals surface area contributed by atoms with Crippen molar-refractivity contribution in [2.75, 3.05) is 25.0 Å². The highest BCUT2D eigenvalue weighted by molar-refractivity contribution is 5.97. The zero-order valence-corrected chi connectivity index (χ0v) is 17.9. The number of carbonyl (C=O) groups excluding carboxylic acids is 3. The van der Waals surface area contributed by atoms with Gasteiger partial charge >= 0.3 is 0 Å². The van der Waals surface area contributed by atoms with Crippen LogP contribution in [0.15, 0.2) is 66.7 Å². The minimum Gasteiger partial charge on any atom is -0.347 e. The molecule has 0 atom stereocenters. The number of nitrogens with one attached hydrogen (secondary N) is 2. The summed E-state index contributed by atoms with van der Waals surface area (Å²) in [6.07, 6.45) is 0.205. The molecule has 0 radical (unpaired) electrons. The van der Waals surface area contributed by atoms with Crippen LogP contribution in [0.2, 0.25) is 0 Å². The molecule has 3 amide bonds. The van der Waals surface area contributed by atoms with Crippen LogP contribution in [0.3, 0.4) is 0 Å². The van der Waals surface area contributed by atoms with Gasteiger partial charge in [0.25, 0.3) is 5.91 Å². The largest absolute Gasteiger partial charge is 0.347 e. The van der Waals surface area contributed by atoms with Gasteiger partial charge in [0.05, 0.1) is 13.0 Å². The second-order valence-corrected chi connectivity index (χ2v) is 7.19. The summed E-state index contributed by atoms with van der Waals surface area (Å²) in [5.41, 5.74) is 2.07. The Labute approximate surface area is 182 Å². The SMILES string of the molecule is CCN(CC)C(=O)c1ccc(NC(=O)CNC(=O)Cc2cccc3ccccc23)cc1. The third-order valence-electron chi connectivity index (χ3n) is 5.14. The molecule has 0 saturated carbocycles. The molecule has 0 aliphatic rings. The molecule has 0 aromatic heterocycles. The first-order valence-corrected chi connectivity index (χ1v) is 10.4. The second kappa shape index (κ2) is 10.4. The fourth-order valence-corrected chi connectivity index (χ4v) is 3.46. The molecule has 3 aromatic rings. The maximum absolute atomic E-state index is 12.3. The van der Waals surface area contributed by atoms with E-state index in [1.165, 1.54) is 0 Å². The summed E-state index contributed by atoms with van der Waals surface area (Å²) in [5.74, 6) is -0.579. The van der Waals surface area contributed by atoms with Crippen LogP contribution < -0.4 is 10.6 Å². The molecule has 0 fully saturated rings. The van der Waals surface area contributed by atoms with Crippen molar-refractivity contribution < 1.29 is 14.4 Å². The lowest BCUT2D eigenvalue weighted by atomic mass is 10.0. The summed E-state index contributed by atoms with van der Waals surface area (Å²) < 4.78 is 0. The number of amides is 3. The van der Waals surface area contributed by atoms with Gasteiger partial charge in [-0.25, -0.2) is 0 Å². The predicted octanol–water partition coefficient (Wildman–Crippen LogP) is 3.62. The molecule has 0 saturated heterocycles. The summed E-state index contributed by atoms with van der Waals surface area (Å²) in [4.78, 5) is 38.6. The second-order valence-electron chi connectivity index (χ2n) is 7.19. The van der Waals surface area contributed by atoms with Gasteiger partial charge in [0.15, 0.2) is 0 Å². The van der Waals surface area contributed by atoms with Crippen molar-refractivity contribution in [3.05, 3.63) is 77.9 Å². The summed E-state index contributed by atoms with van der Waals surface area (Å²) >= 11 is 0. The zero-order chi connectivity index (χ0) is 22.2. The molecule has 6 heteroatoms. The number of benzene rings is 3. The average Bonchev–Trinajstić information content (AvgIpc) is 2.79. The number of anilines is 1. The number of carbonyl (C=O) groups is 3. The standard InChI is InChI=1S/C25H27N3O3/c1-3-28(4-2)25(31)19-12-14-21(15-13-19)27-24(30)17-26-23(29)16-20-10-7-9-18-8-5-6-11-22(18)20/h5-15H,3-4,16-17H2,1-2H3,(H,26,29)(H,27,30). The molecular formula is C25H27N3O3. The molecule has 160 valence electrons. The lowest BCUT2D eigenvalue weighted by Gasteiger charge is -2.18. The molecule has 31 heavy (non-hydrogen) atoms. The van der Waals surface area contributed by atoms with Crippen molar-refractivity contribution in [1.82, 2.24) is 10.2 Å². The molecule has 0 aliphatic carbocycles. The molecule has 6 nitrogen and oxygen atoms in total. The number of fused-ring (bicyclic) bond motifs is 1. The van der Waals surface area contributed by atoms with Gasteiger partial charge in [0, 0.05) is 24.3 Å². The Kier molecular flexibility index (Phi) is 7.38. The summed E-state index contributed by atoms with van der Waals surface area (Å²) in [6, 6.07) is 20.5. The predicted molar refractivity (Wildman–Crippen MR) is 123 cm³/mol. The van der Waals surface area contributed by atoms with Crippen LogP contribution in [0, 0.1) is 0 Å². The normalized spacial score (nSPS) is 10.5. The highest BCUT2D eigenvalue weighted by Crippen LogP contribution is 2.18. The number of nitrogens with zero attached hydrogens (tertiary/aromatic N) is 1. The van der Waals surface area contributed by atoms with Crippen molar-refractivity contribution in [1.29, 1.82) is 0 Å². The van der Waals surface area contributed by atoms with Gasteiger partial charge in [-0.1, -0.05) is 42.5 Å². The van der Waals surface area contributed by atoms with Gasteiger partial charge in [0.2, 0.25) is 11.8 Å². The third-order valence-corrected chi connectivity index (χ3v) is 5.14. The van der Waals surface area contributed by atoms with E-state index in [1.807, 2.05) is 56.3 Å². The molecule has 3 rings (SSSR count). The number of hydrogen-bond acceptors (Lipinski definition) is 3. The van der Waals surface area contributed by atoms with Crippen LogP contribution in [-0.2, 0) is 16.0 Å². The molecule has 0 spiro atoms. The van der Waals surface area contributed by atoms with E-state index in [1.54, 1.807) is 29.2 Å². The molecule has 0 heterocycles. The van der Waals surface area contributed by atoms with E-state index in [4.69, 9.17) is 0 Å². The van der Waals surface area contributed by atoms with E-state index in [9.17, 15) is 14.4 Å². The van der Waals surface area contributed by atoms with E-state index >= 15 is 0 Å². The Morgan fingerprint density at radius 2 is 1.48 bits per heavy atom. The van der Waals surface area contributed by atoms with Crippen molar-refractivity contribution in [2.45, 2.75) is 20.3 Å². The van der Waals surface area contributed by atoms with Gasteiger partial charge < -0.3 is 15.5 Å². The first-order valence-electron chi connectivity index (χ1n) is 10.4. The third kappa shape index (κ3) is 5.69. The first-order chi connectivity index (χ1) is 15.0. The average molecular weight is 418 g/mol. The van der Waals surface area contributed by atoms with Crippen LogP contribution >= 0.6 is 0 Å². The van der Waals surface area contributed by atoms with Crippen molar-refractivity contribution in [2.24, 2.45) is 0 Å². The van der Waals surface area contributed by atoms with E-state index in [-0.39, 0.29) is 30.7 Å². The van der Waals surface area contributed by atoms with Crippen LogP contribution in [0.4, 0.5) is 5.69 Å². The summed E-state index contributed by atoms with van der Waals surface area (Å²) in [6.45, 7) is 5.04. The van der Waals surface area contributed by atoms with Gasteiger partial charge in [-0.15, -0.1) is 0 Å². The fourth-order valence-electron chi connectivity index (χ4n) is 3.46. The minimum atomic E-state index is -0.325. The molecule has 0 bridgehead atoms. The van der Waals surface area contributed by atoms with E-state index < -0.39 is 0 Å². The molecule has 0 unspecified atom stereocenters. The Bertz CT molecular complexity index is 1070. The Balaban J connectivity index is 1.52. The molecule has 2 N–H and O–H groups in total. The topological polar surface area (TPSA) is 78.5 Å². The first kappa shape index (κ1) is 22.0. The number of rotatable bonds is 8. The van der Waals surface area contributed by atoms with E-state index in [0.717, 1.165) is 16.3 Å². The monoisotopic (exact) mass is 417 g/mol. The smallest absolute Gasteiger partial charge is 0.253 e. The van der Waals surface area contributed by atoms with Gasteiger partial charge in [-0.3, -0.25) is 14.4 Å². The van der Waals surface area contributed by atoms with Crippen molar-refractivity contribution in [3.8, 4) is 0 Å². The number of hydrogen-bond donors (Lipinski definition) is 2. The van der Waals surface area contributed by atoms with Crippen molar-refractivity contribution >= 4 is 34.2 Å². The highest BCUT2D eigenvalue weighted by Gasteiger charge is 2.13. The zero-order valence-electron chi connectivity index (χ0n) is 17.9. The minimum absolute atomic E-state index is 0.0384. The summed E-state index contributed by atoms with van der Waals surface area (Å²) in [5, 5.41) is 7.51. The maximum atomic E-state index is 12.3. The van der Waals surface area contributed by atoms with E-state index in [2.05, 4.69) is 10.6 Å².